The molecule has 162 valence electrons. The van der Waals surface area contributed by atoms with Gasteiger partial charge in [-0.2, -0.15) is 0 Å². The number of halogens is 1. The Labute approximate surface area is 181 Å². The number of benzene rings is 2. The maximum absolute atomic E-state index is 12.6. The van der Waals surface area contributed by atoms with Gasteiger partial charge in [-0.25, -0.2) is 4.79 Å². The zero-order valence-corrected chi connectivity index (χ0v) is 17.3. The first-order chi connectivity index (χ1) is 14.8. The lowest BCUT2D eigenvalue weighted by molar-refractivity contribution is -0.150. The largest absolute Gasteiger partial charge is 0.493 e. The highest BCUT2D eigenvalue weighted by Gasteiger charge is 2.18. The van der Waals surface area contributed by atoms with E-state index in [1.54, 1.807) is 24.3 Å². The van der Waals surface area contributed by atoms with E-state index in [4.69, 9.17) is 35.3 Å². The van der Waals surface area contributed by atoms with Crippen LogP contribution in [0.25, 0.3) is 22.3 Å². The number of carbonyl (C=O) groups is 2. The van der Waals surface area contributed by atoms with E-state index >= 15 is 0 Å². The number of fused-ring (bicyclic) bond motifs is 1. The molecule has 31 heavy (non-hydrogen) atoms. The first-order valence-corrected chi connectivity index (χ1v) is 9.36. The number of carboxylic acid groups (broad SMARTS) is 1. The summed E-state index contributed by atoms with van der Waals surface area (Å²) >= 11 is 6.20. The number of ether oxygens (including phenoxy) is 3. The molecule has 0 atom stereocenters. The van der Waals surface area contributed by atoms with Crippen molar-refractivity contribution in [1.82, 2.24) is 5.32 Å². The number of nitrogens with one attached hydrogen (secondary N) is 1. The second-order valence-corrected chi connectivity index (χ2v) is 6.61. The Balaban J connectivity index is 2.03. The van der Waals surface area contributed by atoms with Crippen molar-refractivity contribution >= 4 is 34.4 Å². The summed E-state index contributed by atoms with van der Waals surface area (Å²) in [5, 5.41) is 11.4. The van der Waals surface area contributed by atoms with E-state index in [1.165, 1.54) is 26.4 Å². The van der Waals surface area contributed by atoms with Gasteiger partial charge < -0.3 is 29.1 Å². The van der Waals surface area contributed by atoms with Crippen LogP contribution in [-0.4, -0.2) is 44.4 Å². The normalized spacial score (nSPS) is 10.5. The first-order valence-electron chi connectivity index (χ1n) is 8.98. The van der Waals surface area contributed by atoms with Crippen molar-refractivity contribution in [3.05, 3.63) is 51.6 Å². The average molecular weight is 448 g/mol. The quantitative estimate of drug-likeness (QED) is 0.418. The van der Waals surface area contributed by atoms with Crippen LogP contribution >= 0.6 is 11.6 Å². The molecule has 0 radical (unpaired) electrons. The maximum Gasteiger partial charge on any atom is 0.394 e. The summed E-state index contributed by atoms with van der Waals surface area (Å²) < 4.78 is 22.2. The lowest BCUT2D eigenvalue weighted by Crippen LogP contribution is -2.33. The maximum atomic E-state index is 12.6. The molecule has 1 aromatic heterocycles. The fraction of sp³-hybridized carbons (Fsp3) is 0.190. The smallest absolute Gasteiger partial charge is 0.394 e. The Morgan fingerprint density at radius 2 is 1.81 bits per heavy atom. The van der Waals surface area contributed by atoms with Crippen molar-refractivity contribution in [3.63, 3.8) is 0 Å². The molecule has 0 aliphatic rings. The van der Waals surface area contributed by atoms with Crippen molar-refractivity contribution < 1.29 is 33.3 Å². The fourth-order valence-corrected chi connectivity index (χ4v) is 3.06. The lowest BCUT2D eigenvalue weighted by atomic mass is 10.1. The van der Waals surface area contributed by atoms with Crippen molar-refractivity contribution in [2.45, 2.75) is 0 Å². The molecule has 10 heteroatoms. The van der Waals surface area contributed by atoms with Crippen molar-refractivity contribution in [2.24, 2.45) is 0 Å². The van der Waals surface area contributed by atoms with Gasteiger partial charge in [0.15, 0.2) is 22.5 Å². The van der Waals surface area contributed by atoms with Gasteiger partial charge in [0, 0.05) is 12.1 Å². The molecule has 0 bridgehead atoms. The molecule has 1 heterocycles. The van der Waals surface area contributed by atoms with Crippen LogP contribution in [0.1, 0.15) is 0 Å². The molecular weight excluding hydrogens is 430 g/mol. The molecule has 2 aromatic carbocycles. The summed E-state index contributed by atoms with van der Waals surface area (Å²) in [5.74, 6) is -1.58. The minimum absolute atomic E-state index is 0.0555. The summed E-state index contributed by atoms with van der Waals surface area (Å²) in [6.07, 6.45) is 0. The molecule has 0 fully saturated rings. The number of para-hydroxylation sites is 1. The van der Waals surface area contributed by atoms with Crippen LogP contribution in [0.5, 0.6) is 17.2 Å². The molecular formula is C21H18ClNO8. The fourth-order valence-electron chi connectivity index (χ4n) is 2.85. The second-order valence-electron chi connectivity index (χ2n) is 6.20. The molecule has 2 N–H and O–H groups in total. The highest BCUT2D eigenvalue weighted by atomic mass is 35.5. The van der Waals surface area contributed by atoms with E-state index in [1.807, 2.05) is 0 Å². The number of methoxy groups -OCH3 is 2. The van der Waals surface area contributed by atoms with Crippen LogP contribution in [0.15, 0.2) is 45.6 Å². The topological polar surface area (TPSA) is 124 Å². The number of hydrogen-bond donors (Lipinski definition) is 2. The Kier molecular flexibility index (Phi) is 6.66. The number of amides is 1. The van der Waals surface area contributed by atoms with Gasteiger partial charge in [0.1, 0.15) is 18.1 Å². The molecule has 9 nitrogen and oxygen atoms in total. The molecule has 0 aliphatic carbocycles. The van der Waals surface area contributed by atoms with Gasteiger partial charge in [-0.3, -0.25) is 9.59 Å². The van der Waals surface area contributed by atoms with Gasteiger partial charge in [-0.15, -0.1) is 0 Å². The minimum atomic E-state index is -1.60. The van der Waals surface area contributed by atoms with E-state index < -0.39 is 11.9 Å². The first kappa shape index (κ1) is 22.0. The number of hydrogen-bond acceptors (Lipinski definition) is 7. The van der Waals surface area contributed by atoms with Gasteiger partial charge in [0.05, 0.1) is 36.7 Å². The Hall–Kier alpha value is -3.72. The number of carbonyl (C=O) groups excluding carboxylic acids is 1. The highest BCUT2D eigenvalue weighted by Crippen LogP contribution is 2.40. The zero-order chi connectivity index (χ0) is 22.5. The Morgan fingerprint density at radius 3 is 2.48 bits per heavy atom. The summed E-state index contributed by atoms with van der Waals surface area (Å²) in [4.78, 5) is 34.3. The molecule has 0 saturated carbocycles. The predicted molar refractivity (Wildman–Crippen MR) is 112 cm³/mol. The third-order valence-electron chi connectivity index (χ3n) is 4.30. The molecule has 0 spiro atoms. The molecule has 3 aromatic rings. The third-order valence-corrected chi connectivity index (χ3v) is 4.59. The Morgan fingerprint density at radius 1 is 1.10 bits per heavy atom. The van der Waals surface area contributed by atoms with Crippen LogP contribution in [0, 0.1) is 0 Å². The molecule has 0 saturated heterocycles. The summed E-state index contributed by atoms with van der Waals surface area (Å²) in [6, 6.07) is 9.27. The van der Waals surface area contributed by atoms with Crippen LogP contribution in [0.4, 0.5) is 0 Å². The highest BCUT2D eigenvalue weighted by molar-refractivity contribution is 6.34. The van der Waals surface area contributed by atoms with Crippen LogP contribution in [0.3, 0.4) is 0 Å². The summed E-state index contributed by atoms with van der Waals surface area (Å²) in [5.41, 5.74) is 0.301. The molecule has 0 unspecified atom stereocenters. The Bertz CT molecular complexity index is 1200. The van der Waals surface area contributed by atoms with Crippen LogP contribution in [-0.2, 0) is 9.59 Å². The molecule has 3 rings (SSSR count). The van der Waals surface area contributed by atoms with Crippen molar-refractivity contribution in [2.75, 3.05) is 27.4 Å². The minimum Gasteiger partial charge on any atom is -0.493 e. The van der Waals surface area contributed by atoms with E-state index in [9.17, 15) is 14.4 Å². The average Bonchev–Trinajstić information content (AvgIpc) is 2.76. The monoisotopic (exact) mass is 447 g/mol. The van der Waals surface area contributed by atoms with Crippen molar-refractivity contribution in [3.8, 4) is 28.6 Å². The third kappa shape index (κ3) is 4.72. The number of rotatable bonds is 7. The van der Waals surface area contributed by atoms with E-state index in [0.717, 1.165) is 0 Å². The summed E-state index contributed by atoms with van der Waals surface area (Å²) in [7, 11) is 2.90. The van der Waals surface area contributed by atoms with Crippen LogP contribution in [0.2, 0.25) is 5.02 Å². The van der Waals surface area contributed by atoms with E-state index in [2.05, 4.69) is 5.32 Å². The predicted octanol–water partition coefficient (Wildman–Crippen LogP) is 2.71. The van der Waals surface area contributed by atoms with Gasteiger partial charge in [-0.1, -0.05) is 17.7 Å². The van der Waals surface area contributed by atoms with E-state index in [0.29, 0.717) is 22.4 Å². The van der Waals surface area contributed by atoms with Crippen LogP contribution < -0.4 is 25.0 Å². The van der Waals surface area contributed by atoms with Gasteiger partial charge >= 0.3 is 11.9 Å². The zero-order valence-electron chi connectivity index (χ0n) is 16.6. The second kappa shape index (κ2) is 9.40. The SMILES string of the molecule is COc1cc(OCCNC(=O)C(=O)O)c(-c2cc(=O)c3cccc(Cl)c3o2)cc1OC. The standard InChI is InChI=1S/C21H18ClNO8/c1-28-17-8-12(16-9-14(24)11-4-3-5-13(22)19(11)31-16)15(10-18(17)29-2)30-7-6-23-20(25)21(26)27/h3-5,8-10H,6-7H2,1-2H3,(H,23,25)(H,26,27). The number of aliphatic carboxylic acids is 1. The van der Waals surface area contributed by atoms with E-state index in [-0.39, 0.29) is 40.7 Å². The summed E-state index contributed by atoms with van der Waals surface area (Å²) in [6.45, 7) is -0.119. The number of carboxylic acids is 1. The molecule has 0 aliphatic heterocycles. The molecule has 1 amide bonds. The van der Waals surface area contributed by atoms with Crippen molar-refractivity contribution in [1.29, 1.82) is 0 Å². The van der Waals surface area contributed by atoms with Gasteiger partial charge in [0.2, 0.25) is 0 Å². The van der Waals surface area contributed by atoms with Gasteiger partial charge in [-0.05, 0) is 18.2 Å². The van der Waals surface area contributed by atoms with Gasteiger partial charge in [0.25, 0.3) is 0 Å². The lowest BCUT2D eigenvalue weighted by Gasteiger charge is -2.16.